The molecule has 8 nitrogen and oxygen atoms in total. The molecule has 1 fully saturated rings. The topological polar surface area (TPSA) is 86.0 Å². The number of rotatable bonds is 3. The van der Waals surface area contributed by atoms with Crippen molar-refractivity contribution >= 4 is 17.4 Å². The summed E-state index contributed by atoms with van der Waals surface area (Å²) in [6.45, 7) is 3.89. The molecule has 4 rings (SSSR count). The molecule has 0 N–H and O–H groups in total. The quantitative estimate of drug-likeness (QED) is 0.834. The van der Waals surface area contributed by atoms with E-state index in [2.05, 4.69) is 26.8 Å². The molecule has 0 radical (unpaired) electrons. The molecule has 0 unspecified atom stereocenters. The van der Waals surface area contributed by atoms with Crippen molar-refractivity contribution < 1.29 is 9.53 Å². The lowest BCUT2D eigenvalue weighted by Crippen LogP contribution is -2.49. The van der Waals surface area contributed by atoms with Gasteiger partial charge < -0.3 is 9.64 Å². The number of carbonyl (C=O) groups excluding carboxylic acids is 1. The summed E-state index contributed by atoms with van der Waals surface area (Å²) in [5.74, 6) is 0.0224. The second kappa shape index (κ2) is 5.97. The van der Waals surface area contributed by atoms with Crippen LogP contribution in [-0.4, -0.2) is 54.6 Å². The van der Waals surface area contributed by atoms with Crippen LogP contribution in [0.3, 0.4) is 0 Å². The first-order valence-electron chi connectivity index (χ1n) is 7.89. The molecule has 0 aliphatic carbocycles. The molecule has 9 heteroatoms. The number of hydrogen-bond acceptors (Lipinski definition) is 7. The van der Waals surface area contributed by atoms with E-state index in [9.17, 15) is 4.79 Å². The SMILES string of the molecule is CCCc1nnsc1C(=O)N1CC[C@@H]2OCc3cnnn3[C@H]2C1. The van der Waals surface area contributed by atoms with Crippen molar-refractivity contribution in [1.82, 2.24) is 29.5 Å². The van der Waals surface area contributed by atoms with Gasteiger partial charge in [-0.15, -0.1) is 10.2 Å². The maximum Gasteiger partial charge on any atom is 0.267 e. The lowest BCUT2D eigenvalue weighted by Gasteiger charge is -2.40. The number of piperidine rings is 1. The summed E-state index contributed by atoms with van der Waals surface area (Å²) >= 11 is 1.19. The van der Waals surface area contributed by atoms with Gasteiger partial charge >= 0.3 is 0 Å². The minimum atomic E-state index is 0.0224. The molecule has 0 spiro atoms. The highest BCUT2D eigenvalue weighted by Crippen LogP contribution is 2.31. The highest BCUT2D eigenvalue weighted by atomic mass is 32.1. The molecule has 1 saturated heterocycles. The zero-order valence-corrected chi connectivity index (χ0v) is 13.7. The number of nitrogens with zero attached hydrogens (tertiary/aromatic N) is 6. The van der Waals surface area contributed by atoms with Gasteiger partial charge in [0, 0.05) is 13.1 Å². The van der Waals surface area contributed by atoms with Crippen LogP contribution < -0.4 is 0 Å². The highest BCUT2D eigenvalue weighted by molar-refractivity contribution is 7.08. The van der Waals surface area contributed by atoms with Crippen LogP contribution in [0.2, 0.25) is 0 Å². The Bertz CT molecular complexity index is 714. The van der Waals surface area contributed by atoms with E-state index in [1.807, 2.05) is 9.58 Å². The Morgan fingerprint density at radius 3 is 3.30 bits per heavy atom. The molecule has 0 bridgehead atoms. The molecule has 23 heavy (non-hydrogen) atoms. The van der Waals surface area contributed by atoms with E-state index >= 15 is 0 Å². The summed E-state index contributed by atoms with van der Waals surface area (Å²) in [7, 11) is 0. The molecule has 1 amide bonds. The van der Waals surface area contributed by atoms with Crippen molar-refractivity contribution in [3.63, 3.8) is 0 Å². The first-order chi connectivity index (χ1) is 11.3. The van der Waals surface area contributed by atoms with E-state index in [0.717, 1.165) is 30.7 Å². The third-order valence-corrected chi connectivity index (χ3v) is 5.21. The molecule has 2 aromatic rings. The van der Waals surface area contributed by atoms with Crippen molar-refractivity contribution in [2.24, 2.45) is 0 Å². The summed E-state index contributed by atoms with van der Waals surface area (Å²) in [5.41, 5.74) is 1.78. The second-order valence-electron chi connectivity index (χ2n) is 5.93. The lowest BCUT2D eigenvalue weighted by molar-refractivity contribution is -0.0604. The fourth-order valence-corrected chi connectivity index (χ4v) is 3.96. The fraction of sp³-hybridized carbons (Fsp3) is 0.643. The Hall–Kier alpha value is -1.87. The standard InChI is InChI=1S/C14H18N6O2S/c1-2-3-10-13(23-18-16-10)14(21)19-5-4-12-11(7-19)20-9(8-22-12)6-15-17-20/h6,11-12H,2-5,7-8H2,1H3/t11-,12-/m0/s1. The van der Waals surface area contributed by atoms with E-state index in [1.165, 1.54) is 11.5 Å². The Morgan fingerprint density at radius 2 is 2.43 bits per heavy atom. The van der Waals surface area contributed by atoms with Crippen molar-refractivity contribution in [3.05, 3.63) is 22.5 Å². The smallest absolute Gasteiger partial charge is 0.267 e. The first kappa shape index (κ1) is 14.7. The maximum absolute atomic E-state index is 12.9. The molecule has 2 atom stereocenters. The second-order valence-corrected chi connectivity index (χ2v) is 6.68. The summed E-state index contributed by atoms with van der Waals surface area (Å²) < 4.78 is 11.8. The van der Waals surface area contributed by atoms with Crippen LogP contribution >= 0.6 is 11.5 Å². The van der Waals surface area contributed by atoms with Gasteiger partial charge in [0.2, 0.25) is 0 Å². The number of hydrogen-bond donors (Lipinski definition) is 0. The highest BCUT2D eigenvalue weighted by Gasteiger charge is 2.38. The predicted molar refractivity (Wildman–Crippen MR) is 82.1 cm³/mol. The molecule has 0 saturated carbocycles. The molecule has 2 aliphatic rings. The van der Waals surface area contributed by atoms with Gasteiger partial charge in [0.25, 0.3) is 5.91 Å². The van der Waals surface area contributed by atoms with E-state index in [1.54, 1.807) is 6.20 Å². The Balaban J connectivity index is 1.55. The van der Waals surface area contributed by atoms with Gasteiger partial charge in [0.05, 0.1) is 36.3 Å². The van der Waals surface area contributed by atoms with Crippen LogP contribution in [0.1, 0.15) is 46.9 Å². The number of likely N-dealkylation sites (tertiary alicyclic amines) is 1. The van der Waals surface area contributed by atoms with Gasteiger partial charge in [0.1, 0.15) is 4.88 Å². The van der Waals surface area contributed by atoms with Crippen LogP contribution in [0.4, 0.5) is 0 Å². The number of aryl methyl sites for hydroxylation is 1. The van der Waals surface area contributed by atoms with E-state index < -0.39 is 0 Å². The van der Waals surface area contributed by atoms with E-state index in [0.29, 0.717) is 24.6 Å². The summed E-state index contributed by atoms with van der Waals surface area (Å²) in [4.78, 5) is 15.4. The number of carbonyl (C=O) groups is 1. The third-order valence-electron chi connectivity index (χ3n) is 4.45. The van der Waals surface area contributed by atoms with Crippen LogP contribution in [0, 0.1) is 0 Å². The fourth-order valence-electron chi connectivity index (χ4n) is 3.28. The molecular weight excluding hydrogens is 316 g/mol. The summed E-state index contributed by atoms with van der Waals surface area (Å²) in [5, 5.41) is 12.2. The number of fused-ring (bicyclic) bond motifs is 3. The lowest BCUT2D eigenvalue weighted by atomic mass is 10.00. The molecule has 0 aromatic carbocycles. The minimum absolute atomic E-state index is 0.0224. The molecule has 122 valence electrons. The maximum atomic E-state index is 12.9. The van der Waals surface area contributed by atoms with Gasteiger partial charge in [-0.05, 0) is 24.4 Å². The minimum Gasteiger partial charge on any atom is -0.370 e. The Labute approximate surface area is 137 Å². The summed E-state index contributed by atoms with van der Waals surface area (Å²) in [6, 6.07) is 0.0365. The zero-order valence-electron chi connectivity index (χ0n) is 12.9. The van der Waals surface area contributed by atoms with Gasteiger partial charge in [-0.2, -0.15) is 0 Å². The average molecular weight is 334 g/mol. The molecule has 4 heterocycles. The number of ether oxygens (including phenoxy) is 1. The Kier molecular flexibility index (Phi) is 3.82. The third kappa shape index (κ3) is 2.53. The Morgan fingerprint density at radius 1 is 1.52 bits per heavy atom. The van der Waals surface area contributed by atoms with Crippen molar-refractivity contribution in [3.8, 4) is 0 Å². The van der Waals surface area contributed by atoms with Crippen molar-refractivity contribution in [2.75, 3.05) is 13.1 Å². The van der Waals surface area contributed by atoms with Crippen LogP contribution in [0.25, 0.3) is 0 Å². The van der Waals surface area contributed by atoms with Gasteiger partial charge in [-0.1, -0.05) is 23.0 Å². The number of aromatic nitrogens is 5. The monoisotopic (exact) mass is 334 g/mol. The molecule has 2 aliphatic heterocycles. The van der Waals surface area contributed by atoms with Crippen LogP contribution in [0.15, 0.2) is 6.20 Å². The van der Waals surface area contributed by atoms with Crippen molar-refractivity contribution in [1.29, 1.82) is 0 Å². The first-order valence-corrected chi connectivity index (χ1v) is 8.66. The molecule has 2 aromatic heterocycles. The van der Waals surface area contributed by atoms with E-state index in [4.69, 9.17) is 4.74 Å². The normalized spacial score (nSPS) is 23.4. The summed E-state index contributed by atoms with van der Waals surface area (Å²) in [6.07, 6.45) is 4.37. The number of amides is 1. The van der Waals surface area contributed by atoms with Gasteiger partial charge in [0.15, 0.2) is 0 Å². The van der Waals surface area contributed by atoms with Crippen molar-refractivity contribution in [2.45, 2.75) is 44.9 Å². The zero-order chi connectivity index (χ0) is 15.8. The van der Waals surface area contributed by atoms with Gasteiger partial charge in [-0.3, -0.25) is 4.79 Å². The van der Waals surface area contributed by atoms with Crippen LogP contribution in [0.5, 0.6) is 0 Å². The predicted octanol–water partition coefficient (Wildman–Crippen LogP) is 1.07. The van der Waals surface area contributed by atoms with Gasteiger partial charge in [-0.25, -0.2) is 4.68 Å². The average Bonchev–Trinajstić information content (AvgIpc) is 3.23. The van der Waals surface area contributed by atoms with Crippen LogP contribution in [-0.2, 0) is 17.8 Å². The largest absolute Gasteiger partial charge is 0.370 e. The van der Waals surface area contributed by atoms with E-state index in [-0.39, 0.29) is 18.1 Å². The molecular formula is C14H18N6O2S.